The molecule has 0 heterocycles. The van der Waals surface area contributed by atoms with Crippen LogP contribution in [0.4, 0.5) is 4.79 Å². The van der Waals surface area contributed by atoms with Gasteiger partial charge in [0, 0.05) is 24.6 Å². The third-order valence-electron chi connectivity index (χ3n) is 3.77. The summed E-state index contributed by atoms with van der Waals surface area (Å²) < 4.78 is 6.27. The Kier molecular flexibility index (Phi) is 3.80. The summed E-state index contributed by atoms with van der Waals surface area (Å²) >= 11 is 0. The van der Waals surface area contributed by atoms with Crippen molar-refractivity contribution in [3.63, 3.8) is 0 Å². The molecule has 4 nitrogen and oxygen atoms in total. The topological polar surface area (TPSA) is 38.3 Å². The smallest absolute Gasteiger partial charge is 0.410 e. The molecule has 4 heteroatoms. The molecule has 1 unspecified atom stereocenters. The van der Waals surface area contributed by atoms with Gasteiger partial charge in [-0.15, -0.1) is 0 Å². The van der Waals surface area contributed by atoms with Crippen molar-refractivity contribution in [3.8, 4) is 5.75 Å². The van der Waals surface area contributed by atoms with Gasteiger partial charge < -0.3 is 14.5 Å². The molecule has 1 aliphatic carbocycles. The lowest BCUT2D eigenvalue weighted by molar-refractivity contribution is -0.903. The lowest BCUT2D eigenvalue weighted by Gasteiger charge is -2.38. The van der Waals surface area contributed by atoms with E-state index in [0.29, 0.717) is 11.8 Å². The predicted molar refractivity (Wildman–Crippen MR) is 75.2 cm³/mol. The van der Waals surface area contributed by atoms with Gasteiger partial charge in [0.15, 0.2) is 0 Å². The van der Waals surface area contributed by atoms with Crippen LogP contribution in [0, 0.1) is 0 Å². The van der Waals surface area contributed by atoms with Crippen molar-refractivity contribution < 1.29 is 14.0 Å². The molecule has 1 aromatic carbocycles. The lowest BCUT2D eigenvalue weighted by atomic mass is 9.85. The molecule has 0 spiro atoms. The number of carbonyl (C=O) groups is 1. The van der Waals surface area contributed by atoms with E-state index >= 15 is 0 Å². The molecular formula is C15H23N2O2+. The Morgan fingerprint density at radius 2 is 2.11 bits per heavy atom. The summed E-state index contributed by atoms with van der Waals surface area (Å²) in [7, 11) is 8.22. The van der Waals surface area contributed by atoms with Crippen LogP contribution in [0.5, 0.6) is 5.75 Å². The summed E-state index contributed by atoms with van der Waals surface area (Å²) in [5, 5.41) is 2.50. The molecule has 1 aliphatic rings. The van der Waals surface area contributed by atoms with Gasteiger partial charge in [-0.25, -0.2) is 4.79 Å². The zero-order chi connectivity index (χ0) is 14.0. The van der Waals surface area contributed by atoms with Crippen molar-refractivity contribution in [2.45, 2.75) is 25.3 Å². The van der Waals surface area contributed by atoms with Crippen LogP contribution in [0.3, 0.4) is 0 Å². The highest BCUT2D eigenvalue weighted by Crippen LogP contribution is 2.39. The molecule has 0 saturated heterocycles. The van der Waals surface area contributed by atoms with Gasteiger partial charge in [-0.3, -0.25) is 0 Å². The van der Waals surface area contributed by atoms with Crippen LogP contribution >= 0.6 is 0 Å². The van der Waals surface area contributed by atoms with Crippen molar-refractivity contribution in [2.75, 3.05) is 28.2 Å². The van der Waals surface area contributed by atoms with E-state index in [4.69, 9.17) is 4.74 Å². The second kappa shape index (κ2) is 5.21. The van der Waals surface area contributed by atoms with Crippen molar-refractivity contribution in [3.05, 3.63) is 29.3 Å². The number of rotatable bonds is 2. The molecule has 1 atom stereocenters. The second-order valence-corrected chi connectivity index (χ2v) is 5.99. The molecule has 0 radical (unpaired) electrons. The molecular weight excluding hydrogens is 240 g/mol. The SMILES string of the molecule is CNC(=O)Oc1cccc2c1CCCC2[N+](C)(C)C. The summed E-state index contributed by atoms with van der Waals surface area (Å²) in [6.07, 6.45) is 2.90. The van der Waals surface area contributed by atoms with E-state index in [9.17, 15) is 4.79 Å². The maximum Gasteiger partial charge on any atom is 0.412 e. The Balaban J connectivity index is 2.38. The first-order valence-corrected chi connectivity index (χ1v) is 6.76. The Bertz CT molecular complexity index is 478. The van der Waals surface area contributed by atoms with Gasteiger partial charge in [-0.2, -0.15) is 0 Å². The summed E-state index contributed by atoms with van der Waals surface area (Å²) in [4.78, 5) is 11.4. The highest BCUT2D eigenvalue weighted by atomic mass is 16.6. The van der Waals surface area contributed by atoms with Crippen molar-refractivity contribution in [1.29, 1.82) is 0 Å². The zero-order valence-corrected chi connectivity index (χ0v) is 12.2. The number of carbonyl (C=O) groups excluding carboxylic acids is 1. The van der Waals surface area contributed by atoms with Crippen LogP contribution in [0.25, 0.3) is 0 Å². The minimum Gasteiger partial charge on any atom is -0.410 e. The Hall–Kier alpha value is -1.55. The molecule has 0 aromatic heterocycles. The van der Waals surface area contributed by atoms with Gasteiger partial charge in [0.1, 0.15) is 11.8 Å². The molecule has 0 aliphatic heterocycles. The molecule has 1 aromatic rings. The largest absolute Gasteiger partial charge is 0.412 e. The standard InChI is InChI=1S/C15H22N2O2/c1-16-15(18)19-14-10-6-7-11-12(14)8-5-9-13(11)17(2,3)4/h6-7,10,13H,5,8-9H2,1-4H3/p+1. The Morgan fingerprint density at radius 1 is 1.37 bits per heavy atom. The van der Waals surface area contributed by atoms with Gasteiger partial charge in [0.25, 0.3) is 0 Å². The number of amides is 1. The summed E-state index contributed by atoms with van der Waals surface area (Å²) in [6.45, 7) is 0. The van der Waals surface area contributed by atoms with Gasteiger partial charge in [0.2, 0.25) is 0 Å². The summed E-state index contributed by atoms with van der Waals surface area (Å²) in [6, 6.07) is 6.49. The molecule has 0 bridgehead atoms. The van der Waals surface area contributed by atoms with E-state index in [2.05, 4.69) is 32.5 Å². The number of benzene rings is 1. The first-order valence-electron chi connectivity index (χ1n) is 6.76. The minimum atomic E-state index is -0.402. The van der Waals surface area contributed by atoms with E-state index in [0.717, 1.165) is 17.3 Å². The molecule has 2 rings (SSSR count). The number of fused-ring (bicyclic) bond motifs is 1. The van der Waals surface area contributed by atoms with Crippen molar-refractivity contribution in [1.82, 2.24) is 5.32 Å². The summed E-state index contributed by atoms with van der Waals surface area (Å²) in [5.41, 5.74) is 2.51. The third kappa shape index (κ3) is 2.89. The normalized spacial score (nSPS) is 18.6. The van der Waals surface area contributed by atoms with E-state index in [1.807, 2.05) is 12.1 Å². The van der Waals surface area contributed by atoms with Crippen LogP contribution in [0.15, 0.2) is 18.2 Å². The number of hydrogen-bond acceptors (Lipinski definition) is 2. The molecule has 19 heavy (non-hydrogen) atoms. The van der Waals surface area contributed by atoms with Gasteiger partial charge in [0.05, 0.1) is 21.1 Å². The van der Waals surface area contributed by atoms with E-state index < -0.39 is 6.09 Å². The van der Waals surface area contributed by atoms with Crippen LogP contribution in [-0.4, -0.2) is 38.8 Å². The van der Waals surface area contributed by atoms with Crippen LogP contribution in [0.1, 0.15) is 30.0 Å². The fourth-order valence-electron chi connectivity index (χ4n) is 2.84. The molecule has 1 N–H and O–H groups in total. The highest BCUT2D eigenvalue weighted by molar-refractivity contribution is 5.70. The van der Waals surface area contributed by atoms with Gasteiger partial charge in [-0.1, -0.05) is 12.1 Å². The quantitative estimate of drug-likeness (QED) is 0.833. The molecule has 0 fully saturated rings. The van der Waals surface area contributed by atoms with Crippen molar-refractivity contribution in [2.24, 2.45) is 0 Å². The minimum absolute atomic E-state index is 0.402. The van der Waals surface area contributed by atoms with Gasteiger partial charge in [-0.05, 0) is 18.9 Å². The summed E-state index contributed by atoms with van der Waals surface area (Å²) in [5.74, 6) is 0.704. The van der Waals surface area contributed by atoms with Gasteiger partial charge >= 0.3 is 6.09 Å². The van der Waals surface area contributed by atoms with E-state index in [1.165, 1.54) is 17.5 Å². The maximum atomic E-state index is 11.4. The highest BCUT2D eigenvalue weighted by Gasteiger charge is 2.32. The Labute approximate surface area is 115 Å². The lowest BCUT2D eigenvalue weighted by Crippen LogP contribution is -2.40. The maximum absolute atomic E-state index is 11.4. The average Bonchev–Trinajstić information content (AvgIpc) is 2.37. The first kappa shape index (κ1) is 13.9. The van der Waals surface area contributed by atoms with Crippen LogP contribution in [0.2, 0.25) is 0 Å². The molecule has 0 saturated carbocycles. The monoisotopic (exact) mass is 263 g/mol. The number of nitrogens with one attached hydrogen (secondary N) is 1. The fraction of sp³-hybridized carbons (Fsp3) is 0.533. The van der Waals surface area contributed by atoms with Crippen molar-refractivity contribution >= 4 is 6.09 Å². The average molecular weight is 263 g/mol. The number of hydrogen-bond donors (Lipinski definition) is 1. The van der Waals surface area contributed by atoms with E-state index in [1.54, 1.807) is 7.05 Å². The first-order chi connectivity index (χ1) is 8.93. The number of quaternary nitrogens is 1. The second-order valence-electron chi connectivity index (χ2n) is 5.99. The fourth-order valence-corrected chi connectivity index (χ4v) is 2.84. The molecule has 104 valence electrons. The zero-order valence-electron chi connectivity index (χ0n) is 12.2. The number of nitrogens with zero attached hydrogens (tertiary/aromatic N) is 1. The molecule has 1 amide bonds. The Morgan fingerprint density at radius 3 is 2.74 bits per heavy atom. The third-order valence-corrected chi connectivity index (χ3v) is 3.77. The van der Waals surface area contributed by atoms with E-state index in [-0.39, 0.29) is 0 Å². The van der Waals surface area contributed by atoms with Crippen LogP contribution in [-0.2, 0) is 6.42 Å². The predicted octanol–water partition coefficient (Wildman–Crippen LogP) is 2.49. The van der Waals surface area contributed by atoms with Crippen LogP contribution < -0.4 is 10.1 Å². The number of ether oxygens (including phenoxy) is 1.